The molecule has 0 saturated carbocycles. The standard InChI is InChI=1S/C19H30O3/c1-8-14(12-17(20)21)22-16-10-9-13(18(2,3)4)11-15(16)19(5,6)7/h9-11,14H,8,12H2,1-7H3,(H,20,21). The summed E-state index contributed by atoms with van der Waals surface area (Å²) in [5, 5.41) is 8.99. The van der Waals surface area contributed by atoms with Crippen molar-refractivity contribution in [3.05, 3.63) is 29.3 Å². The maximum absolute atomic E-state index is 10.9. The van der Waals surface area contributed by atoms with Crippen LogP contribution < -0.4 is 4.74 Å². The van der Waals surface area contributed by atoms with Crippen molar-refractivity contribution in [2.75, 3.05) is 0 Å². The van der Waals surface area contributed by atoms with Crippen molar-refractivity contribution >= 4 is 5.97 Å². The molecule has 0 spiro atoms. The van der Waals surface area contributed by atoms with E-state index in [4.69, 9.17) is 9.84 Å². The van der Waals surface area contributed by atoms with Gasteiger partial charge in [-0.3, -0.25) is 4.79 Å². The fourth-order valence-electron chi connectivity index (χ4n) is 2.33. The van der Waals surface area contributed by atoms with Crippen LogP contribution in [0.1, 0.15) is 72.4 Å². The highest BCUT2D eigenvalue weighted by atomic mass is 16.5. The molecule has 3 heteroatoms. The Morgan fingerprint density at radius 3 is 2.14 bits per heavy atom. The lowest BCUT2D eigenvalue weighted by molar-refractivity contribution is -0.138. The third kappa shape index (κ3) is 5.04. The predicted molar refractivity (Wildman–Crippen MR) is 90.8 cm³/mol. The van der Waals surface area contributed by atoms with E-state index < -0.39 is 5.97 Å². The number of rotatable bonds is 5. The molecule has 0 radical (unpaired) electrons. The van der Waals surface area contributed by atoms with E-state index >= 15 is 0 Å². The predicted octanol–water partition coefficient (Wildman–Crippen LogP) is 4.91. The SMILES string of the molecule is CCC(CC(=O)O)Oc1ccc(C(C)(C)C)cc1C(C)(C)C. The van der Waals surface area contributed by atoms with Crippen molar-refractivity contribution < 1.29 is 14.6 Å². The number of carbonyl (C=O) groups is 1. The zero-order valence-electron chi connectivity index (χ0n) is 15.0. The highest BCUT2D eigenvalue weighted by Gasteiger charge is 2.24. The molecule has 22 heavy (non-hydrogen) atoms. The number of aliphatic carboxylic acids is 1. The van der Waals surface area contributed by atoms with Crippen molar-refractivity contribution in [1.82, 2.24) is 0 Å². The number of benzene rings is 1. The molecule has 0 bridgehead atoms. The second-order valence-electron chi connectivity index (χ2n) is 7.96. The van der Waals surface area contributed by atoms with Crippen LogP contribution in [0, 0.1) is 0 Å². The van der Waals surface area contributed by atoms with Gasteiger partial charge in [0.25, 0.3) is 0 Å². The summed E-state index contributed by atoms with van der Waals surface area (Å²) >= 11 is 0. The summed E-state index contributed by atoms with van der Waals surface area (Å²) in [6, 6.07) is 6.27. The number of ether oxygens (including phenoxy) is 1. The molecule has 0 aromatic heterocycles. The van der Waals surface area contributed by atoms with Crippen molar-refractivity contribution in [3.63, 3.8) is 0 Å². The van der Waals surface area contributed by atoms with Crippen LogP contribution in [0.3, 0.4) is 0 Å². The summed E-state index contributed by atoms with van der Waals surface area (Å²) in [5.41, 5.74) is 2.40. The highest BCUT2D eigenvalue weighted by molar-refractivity contribution is 5.67. The summed E-state index contributed by atoms with van der Waals surface area (Å²) in [6.45, 7) is 15.0. The average Bonchev–Trinajstić information content (AvgIpc) is 2.35. The maximum Gasteiger partial charge on any atom is 0.307 e. The lowest BCUT2D eigenvalue weighted by Crippen LogP contribution is -2.23. The molecule has 0 fully saturated rings. The van der Waals surface area contributed by atoms with E-state index in [0.29, 0.717) is 6.42 Å². The van der Waals surface area contributed by atoms with E-state index in [0.717, 1.165) is 11.3 Å². The summed E-state index contributed by atoms with van der Waals surface area (Å²) in [7, 11) is 0. The molecular weight excluding hydrogens is 276 g/mol. The fraction of sp³-hybridized carbons (Fsp3) is 0.632. The Morgan fingerprint density at radius 2 is 1.73 bits per heavy atom. The van der Waals surface area contributed by atoms with Crippen LogP contribution in [-0.4, -0.2) is 17.2 Å². The molecule has 1 atom stereocenters. The summed E-state index contributed by atoms with van der Waals surface area (Å²) in [4.78, 5) is 10.9. The third-order valence-corrected chi connectivity index (χ3v) is 3.80. The molecule has 1 aromatic rings. The van der Waals surface area contributed by atoms with Gasteiger partial charge in [-0.15, -0.1) is 0 Å². The average molecular weight is 306 g/mol. The minimum atomic E-state index is -0.824. The van der Waals surface area contributed by atoms with Crippen molar-refractivity contribution in [2.24, 2.45) is 0 Å². The topological polar surface area (TPSA) is 46.5 Å². The number of carboxylic acids is 1. The first-order valence-corrected chi connectivity index (χ1v) is 7.98. The fourth-order valence-corrected chi connectivity index (χ4v) is 2.33. The maximum atomic E-state index is 10.9. The molecule has 1 N–H and O–H groups in total. The summed E-state index contributed by atoms with van der Waals surface area (Å²) < 4.78 is 6.02. The molecule has 124 valence electrons. The van der Waals surface area contributed by atoms with Gasteiger partial charge in [0.15, 0.2) is 0 Å². The molecule has 0 heterocycles. The number of hydrogen-bond acceptors (Lipinski definition) is 2. The van der Waals surface area contributed by atoms with Gasteiger partial charge in [-0.2, -0.15) is 0 Å². The van der Waals surface area contributed by atoms with E-state index in [1.807, 2.05) is 13.0 Å². The zero-order chi connectivity index (χ0) is 17.1. The van der Waals surface area contributed by atoms with Gasteiger partial charge in [-0.05, 0) is 34.4 Å². The van der Waals surface area contributed by atoms with Gasteiger partial charge in [0, 0.05) is 0 Å². The number of hydrogen-bond donors (Lipinski definition) is 1. The van der Waals surface area contributed by atoms with Gasteiger partial charge in [-0.25, -0.2) is 0 Å². The normalized spacial score (nSPS) is 13.8. The Morgan fingerprint density at radius 1 is 1.14 bits per heavy atom. The third-order valence-electron chi connectivity index (χ3n) is 3.80. The number of carboxylic acid groups (broad SMARTS) is 1. The van der Waals surface area contributed by atoms with Gasteiger partial charge in [-0.1, -0.05) is 60.6 Å². The van der Waals surface area contributed by atoms with E-state index in [-0.39, 0.29) is 23.4 Å². The van der Waals surface area contributed by atoms with Crippen LogP contribution in [-0.2, 0) is 15.6 Å². The van der Waals surface area contributed by atoms with Crippen molar-refractivity contribution in [3.8, 4) is 5.75 Å². The van der Waals surface area contributed by atoms with E-state index in [1.54, 1.807) is 0 Å². The molecule has 0 amide bonds. The molecular formula is C19H30O3. The van der Waals surface area contributed by atoms with Gasteiger partial charge in [0.2, 0.25) is 0 Å². The Kier molecular flexibility index (Phi) is 5.66. The summed E-state index contributed by atoms with van der Waals surface area (Å²) in [5.74, 6) is -0.0240. The van der Waals surface area contributed by atoms with Crippen LogP contribution in [0.4, 0.5) is 0 Å². The lowest BCUT2D eigenvalue weighted by atomic mass is 9.80. The smallest absolute Gasteiger partial charge is 0.307 e. The van der Waals surface area contributed by atoms with Gasteiger partial charge < -0.3 is 9.84 Å². The van der Waals surface area contributed by atoms with E-state index in [2.05, 4.69) is 53.7 Å². The Bertz CT molecular complexity index is 518. The molecule has 1 rings (SSSR count). The minimum absolute atomic E-state index is 0.0289. The lowest BCUT2D eigenvalue weighted by Gasteiger charge is -2.28. The molecule has 0 aliphatic carbocycles. The molecule has 3 nitrogen and oxygen atoms in total. The van der Waals surface area contributed by atoms with Gasteiger partial charge >= 0.3 is 5.97 Å². The van der Waals surface area contributed by atoms with Crippen molar-refractivity contribution in [2.45, 2.75) is 78.2 Å². The Balaban J connectivity index is 3.21. The quantitative estimate of drug-likeness (QED) is 0.840. The van der Waals surface area contributed by atoms with Crippen LogP contribution in [0.15, 0.2) is 18.2 Å². The van der Waals surface area contributed by atoms with E-state index in [9.17, 15) is 4.79 Å². The van der Waals surface area contributed by atoms with Crippen LogP contribution in [0.5, 0.6) is 5.75 Å². The van der Waals surface area contributed by atoms with Crippen molar-refractivity contribution in [1.29, 1.82) is 0 Å². The molecule has 1 aromatic carbocycles. The second kappa shape index (κ2) is 6.72. The Hall–Kier alpha value is -1.51. The Labute approximate surface area is 134 Å². The zero-order valence-corrected chi connectivity index (χ0v) is 15.0. The first-order valence-electron chi connectivity index (χ1n) is 7.98. The highest BCUT2D eigenvalue weighted by Crippen LogP contribution is 2.36. The summed E-state index contributed by atoms with van der Waals surface area (Å²) in [6.07, 6.45) is 0.414. The van der Waals surface area contributed by atoms with Gasteiger partial charge in [0.1, 0.15) is 11.9 Å². The first-order chi connectivity index (χ1) is 9.95. The molecule has 0 aliphatic heterocycles. The van der Waals surface area contributed by atoms with E-state index in [1.165, 1.54) is 5.56 Å². The minimum Gasteiger partial charge on any atom is -0.490 e. The van der Waals surface area contributed by atoms with Crippen LogP contribution >= 0.6 is 0 Å². The van der Waals surface area contributed by atoms with Crippen LogP contribution in [0.2, 0.25) is 0 Å². The monoisotopic (exact) mass is 306 g/mol. The molecule has 1 unspecified atom stereocenters. The first kappa shape index (κ1) is 18.5. The van der Waals surface area contributed by atoms with Crippen LogP contribution in [0.25, 0.3) is 0 Å². The molecule has 0 saturated heterocycles. The molecule has 0 aliphatic rings. The largest absolute Gasteiger partial charge is 0.490 e. The van der Waals surface area contributed by atoms with Gasteiger partial charge in [0.05, 0.1) is 6.42 Å². The second-order valence-corrected chi connectivity index (χ2v) is 7.96.